The highest BCUT2D eigenvalue weighted by Crippen LogP contribution is 2.35. The van der Waals surface area contributed by atoms with Gasteiger partial charge in [-0.2, -0.15) is 0 Å². The van der Waals surface area contributed by atoms with Crippen molar-refractivity contribution >= 4 is 65.5 Å². The lowest BCUT2D eigenvalue weighted by Crippen LogP contribution is -2.41. The van der Waals surface area contributed by atoms with Crippen LogP contribution >= 0.6 is 22.9 Å². The molecular formula is C23H25ClN6O2S2. The molecule has 1 aliphatic rings. The number of halogens is 1. The molecule has 1 fully saturated rings. The Hall–Kier alpha value is -2.53. The van der Waals surface area contributed by atoms with Gasteiger partial charge in [-0.25, -0.2) is 24.2 Å². The van der Waals surface area contributed by atoms with Crippen molar-refractivity contribution in [3.05, 3.63) is 46.8 Å². The van der Waals surface area contributed by atoms with E-state index >= 15 is 0 Å². The van der Waals surface area contributed by atoms with Gasteiger partial charge in [-0.15, -0.1) is 11.3 Å². The number of rotatable bonds is 6. The molecule has 3 aromatic heterocycles. The van der Waals surface area contributed by atoms with Crippen LogP contribution in [0, 0.1) is 0 Å². The van der Waals surface area contributed by atoms with Gasteiger partial charge in [0.2, 0.25) is 5.88 Å². The van der Waals surface area contributed by atoms with Crippen LogP contribution in [0.15, 0.2) is 36.1 Å². The molecule has 178 valence electrons. The number of nitrogens with zero attached hydrogens (tertiary/aromatic N) is 5. The standard InChI is InChI=1S/C23H25ClN6O2S2/c1-14(28-21-20-23(26-12-25-21)33-13-27-20)18-11-15-5-4-6-17(24)19(15)22(29-18)32-16-7-9-30(10-8-16)34(2,3)31/h4-6,11-14,16H,2,7-10H2,1,3H3,(H,25,26,28)/t14-,34?/m0/s1. The fraction of sp³-hybridized carbons (Fsp3) is 0.348. The van der Waals surface area contributed by atoms with E-state index in [0.717, 1.165) is 39.7 Å². The highest BCUT2D eigenvalue weighted by Gasteiger charge is 2.25. The first-order valence-corrected chi connectivity index (χ1v) is 14.3. The number of pyridine rings is 1. The molecule has 11 heteroatoms. The van der Waals surface area contributed by atoms with Crippen molar-refractivity contribution in [3.8, 4) is 5.88 Å². The van der Waals surface area contributed by atoms with Crippen LogP contribution in [0.5, 0.6) is 5.88 Å². The molecule has 0 saturated carbocycles. The summed E-state index contributed by atoms with van der Waals surface area (Å²) in [7, 11) is -2.20. The third kappa shape index (κ3) is 4.68. The van der Waals surface area contributed by atoms with E-state index in [9.17, 15) is 4.21 Å². The molecule has 34 heavy (non-hydrogen) atoms. The minimum Gasteiger partial charge on any atom is -0.474 e. The van der Waals surface area contributed by atoms with Gasteiger partial charge >= 0.3 is 0 Å². The maximum Gasteiger partial charge on any atom is 0.223 e. The number of hydrogen-bond acceptors (Lipinski definition) is 8. The zero-order valence-electron chi connectivity index (χ0n) is 18.9. The summed E-state index contributed by atoms with van der Waals surface area (Å²) in [6.07, 6.45) is 4.66. The monoisotopic (exact) mass is 516 g/mol. The number of anilines is 1. The van der Waals surface area contributed by atoms with Crippen molar-refractivity contribution in [2.75, 3.05) is 24.7 Å². The Kier molecular flexibility index (Phi) is 6.32. The summed E-state index contributed by atoms with van der Waals surface area (Å²) in [6.45, 7) is 3.36. The van der Waals surface area contributed by atoms with Crippen molar-refractivity contribution < 1.29 is 8.95 Å². The molecule has 8 nitrogen and oxygen atoms in total. The Morgan fingerprint density at radius 2 is 2.09 bits per heavy atom. The van der Waals surface area contributed by atoms with E-state index in [-0.39, 0.29) is 12.1 Å². The van der Waals surface area contributed by atoms with Gasteiger partial charge in [0.05, 0.1) is 27.7 Å². The van der Waals surface area contributed by atoms with Crippen LogP contribution < -0.4 is 10.1 Å². The van der Waals surface area contributed by atoms with Crippen LogP contribution in [-0.2, 0) is 9.71 Å². The molecular weight excluding hydrogens is 492 g/mol. The highest BCUT2D eigenvalue weighted by atomic mass is 35.5. The molecule has 0 spiro atoms. The Balaban J connectivity index is 1.44. The number of hydrogen-bond donors (Lipinski definition) is 1. The lowest BCUT2D eigenvalue weighted by atomic mass is 10.1. The SMILES string of the molecule is C=S(C)(=O)N1CCC(Oc2nc([C@H](C)Nc3ncnc4scnc34)cc3cccc(Cl)c23)CC1. The van der Waals surface area contributed by atoms with Gasteiger partial charge in [0, 0.05) is 29.1 Å². The molecule has 1 saturated heterocycles. The van der Waals surface area contributed by atoms with Gasteiger partial charge in [0.15, 0.2) is 5.82 Å². The molecule has 2 atom stereocenters. The van der Waals surface area contributed by atoms with Crippen LogP contribution in [0.1, 0.15) is 31.5 Å². The average molecular weight is 517 g/mol. The number of benzene rings is 1. The van der Waals surface area contributed by atoms with Crippen molar-refractivity contribution in [2.45, 2.75) is 31.9 Å². The van der Waals surface area contributed by atoms with Gasteiger partial charge in [0.1, 0.15) is 22.8 Å². The number of nitrogens with one attached hydrogen (secondary N) is 1. The normalized spacial score (nSPS) is 18.1. The molecule has 1 aromatic carbocycles. The second kappa shape index (κ2) is 9.26. The molecule has 5 rings (SSSR count). The van der Waals surface area contributed by atoms with E-state index in [2.05, 4.69) is 26.1 Å². The van der Waals surface area contributed by atoms with E-state index in [1.807, 2.05) is 35.5 Å². The molecule has 0 bridgehead atoms. The van der Waals surface area contributed by atoms with Crippen LogP contribution in [0.25, 0.3) is 21.1 Å². The van der Waals surface area contributed by atoms with Crippen molar-refractivity contribution in [3.63, 3.8) is 0 Å². The Morgan fingerprint density at radius 1 is 1.29 bits per heavy atom. The minimum absolute atomic E-state index is 0.0417. The van der Waals surface area contributed by atoms with Crippen LogP contribution in [-0.4, -0.2) is 59.8 Å². The number of aromatic nitrogens is 4. The van der Waals surface area contributed by atoms with Gasteiger partial charge < -0.3 is 10.1 Å². The number of ether oxygens (including phenoxy) is 1. The summed E-state index contributed by atoms with van der Waals surface area (Å²) in [4.78, 5) is 18.7. The van der Waals surface area contributed by atoms with Crippen LogP contribution in [0.3, 0.4) is 0 Å². The average Bonchev–Trinajstić information content (AvgIpc) is 3.29. The Labute approximate surface area is 207 Å². The van der Waals surface area contributed by atoms with Crippen LogP contribution in [0.4, 0.5) is 5.82 Å². The predicted molar refractivity (Wildman–Crippen MR) is 140 cm³/mol. The Morgan fingerprint density at radius 3 is 2.85 bits per heavy atom. The summed E-state index contributed by atoms with van der Waals surface area (Å²) in [5.74, 6) is 4.98. The van der Waals surface area contributed by atoms with E-state index < -0.39 is 9.71 Å². The predicted octanol–water partition coefficient (Wildman–Crippen LogP) is 4.57. The van der Waals surface area contributed by atoms with Gasteiger partial charge in [-0.3, -0.25) is 4.21 Å². The van der Waals surface area contributed by atoms with E-state index in [1.54, 1.807) is 11.8 Å². The lowest BCUT2D eigenvalue weighted by Gasteiger charge is -2.32. The smallest absolute Gasteiger partial charge is 0.223 e. The van der Waals surface area contributed by atoms with Gasteiger partial charge in [0.25, 0.3) is 0 Å². The topological polar surface area (TPSA) is 93.1 Å². The molecule has 4 heterocycles. The molecule has 4 aromatic rings. The third-order valence-electron chi connectivity index (χ3n) is 5.95. The zero-order chi connectivity index (χ0) is 23.9. The molecule has 1 N–H and O–H groups in total. The largest absolute Gasteiger partial charge is 0.474 e. The quantitative estimate of drug-likeness (QED) is 0.375. The fourth-order valence-electron chi connectivity index (χ4n) is 4.13. The first kappa shape index (κ1) is 23.2. The van der Waals surface area contributed by atoms with Crippen LogP contribution in [0.2, 0.25) is 5.02 Å². The van der Waals surface area contributed by atoms with Crippen molar-refractivity contribution in [1.29, 1.82) is 0 Å². The minimum atomic E-state index is -2.20. The summed E-state index contributed by atoms with van der Waals surface area (Å²) < 4.78 is 20.6. The second-order valence-electron chi connectivity index (χ2n) is 8.49. The van der Waals surface area contributed by atoms with E-state index in [4.69, 9.17) is 21.3 Å². The molecule has 1 aliphatic heterocycles. The van der Waals surface area contributed by atoms with Crippen molar-refractivity contribution in [2.24, 2.45) is 0 Å². The molecule has 0 radical (unpaired) electrons. The van der Waals surface area contributed by atoms with E-state index in [1.165, 1.54) is 17.7 Å². The number of thiazole rings is 1. The summed E-state index contributed by atoms with van der Waals surface area (Å²) in [5.41, 5.74) is 3.30. The highest BCUT2D eigenvalue weighted by molar-refractivity contribution is 7.97. The first-order chi connectivity index (χ1) is 16.3. The molecule has 1 unspecified atom stereocenters. The summed E-state index contributed by atoms with van der Waals surface area (Å²) in [6, 6.07) is 7.63. The lowest BCUT2D eigenvalue weighted by molar-refractivity contribution is 0.133. The van der Waals surface area contributed by atoms with E-state index in [0.29, 0.717) is 29.8 Å². The maximum absolute atomic E-state index is 12.3. The zero-order valence-corrected chi connectivity index (χ0v) is 21.3. The van der Waals surface area contributed by atoms with Gasteiger partial charge in [-0.1, -0.05) is 23.7 Å². The molecule has 0 amide bonds. The van der Waals surface area contributed by atoms with Gasteiger partial charge in [-0.05, 0) is 43.2 Å². The Bertz CT molecular complexity index is 1450. The fourth-order valence-corrected chi connectivity index (χ4v) is 6.00. The molecule has 0 aliphatic carbocycles. The summed E-state index contributed by atoms with van der Waals surface area (Å²) in [5, 5.41) is 5.76. The van der Waals surface area contributed by atoms with Crippen molar-refractivity contribution in [1.82, 2.24) is 24.2 Å². The third-order valence-corrected chi connectivity index (χ3v) is 8.46. The number of piperidine rings is 1. The summed E-state index contributed by atoms with van der Waals surface area (Å²) >= 11 is 8.04. The maximum atomic E-state index is 12.3. The first-order valence-electron chi connectivity index (χ1n) is 10.9. The number of fused-ring (bicyclic) bond motifs is 2. The second-order valence-corrected chi connectivity index (χ2v) is 12.2.